The molecular weight excluding hydrogens is 647 g/mol. The summed E-state index contributed by atoms with van der Waals surface area (Å²) in [5.41, 5.74) is 18.9. The van der Waals surface area contributed by atoms with E-state index in [0.717, 1.165) is 41.9 Å². The fourth-order valence-corrected chi connectivity index (χ4v) is 8.30. The average Bonchev–Trinajstić information content (AvgIpc) is 3.52. The smallest absolute Gasteiger partial charge is 0.131 e. The van der Waals surface area contributed by atoms with Gasteiger partial charge in [0, 0.05) is 33.4 Å². The molecule has 4 atom stereocenters. The number of aromatic nitrogens is 1. The monoisotopic (exact) mass is 695 g/mol. The zero-order valence-electron chi connectivity index (χ0n) is 31.0. The minimum Gasteiger partial charge on any atom is -0.358 e. The Hall–Kier alpha value is -5.65. The predicted molar refractivity (Wildman–Crippen MR) is 223 cm³/mol. The van der Waals surface area contributed by atoms with Crippen LogP contribution in [0.5, 0.6) is 0 Å². The molecule has 0 aliphatic heterocycles. The van der Waals surface area contributed by atoms with Gasteiger partial charge in [-0.3, -0.25) is 0 Å². The van der Waals surface area contributed by atoms with Crippen LogP contribution in [-0.2, 0) is 6.67 Å². The van der Waals surface area contributed by atoms with E-state index >= 15 is 0 Å². The van der Waals surface area contributed by atoms with Gasteiger partial charge in [-0.05, 0) is 96.7 Å². The minimum absolute atomic E-state index is 0.161. The van der Waals surface area contributed by atoms with Gasteiger partial charge in [0.1, 0.15) is 18.7 Å². The number of hydrogen-bond donors (Lipinski definition) is 3. The predicted octanol–water partition coefficient (Wildman–Crippen LogP) is 11.1. The van der Waals surface area contributed by atoms with Gasteiger partial charge in [-0.25, -0.2) is 4.99 Å². The van der Waals surface area contributed by atoms with Crippen LogP contribution in [0.2, 0.25) is 0 Å². The molecule has 0 bridgehead atoms. The van der Waals surface area contributed by atoms with Crippen molar-refractivity contribution >= 4 is 34.1 Å². The van der Waals surface area contributed by atoms with Crippen molar-refractivity contribution in [2.75, 3.05) is 5.32 Å². The number of amidine groups is 1. The molecule has 8 rings (SSSR count). The van der Waals surface area contributed by atoms with E-state index in [2.05, 4.69) is 139 Å². The third-order valence-corrected chi connectivity index (χ3v) is 11.3. The normalized spacial score (nSPS) is 21.7. The van der Waals surface area contributed by atoms with Crippen molar-refractivity contribution in [2.24, 2.45) is 22.1 Å². The van der Waals surface area contributed by atoms with Crippen LogP contribution >= 0.6 is 0 Å². The lowest BCUT2D eigenvalue weighted by atomic mass is 9.67. The Morgan fingerprint density at radius 3 is 2.40 bits per heavy atom. The first-order valence-corrected chi connectivity index (χ1v) is 19.0. The molecule has 5 nitrogen and oxygen atoms in total. The molecule has 3 aliphatic carbocycles. The first-order valence-electron chi connectivity index (χ1n) is 19.0. The van der Waals surface area contributed by atoms with Crippen LogP contribution in [0, 0.1) is 11.3 Å². The quantitative estimate of drug-likeness (QED) is 0.0817. The number of nitrogens with zero attached hydrogens (tertiary/aromatic N) is 2. The molecule has 0 saturated heterocycles. The number of benzene rings is 4. The Morgan fingerprint density at radius 2 is 1.64 bits per heavy atom. The molecule has 1 aromatic heterocycles. The summed E-state index contributed by atoms with van der Waals surface area (Å²) in [6.07, 6.45) is 18.8. The van der Waals surface area contributed by atoms with Crippen molar-refractivity contribution in [1.82, 2.24) is 9.88 Å². The van der Waals surface area contributed by atoms with E-state index in [0.29, 0.717) is 18.5 Å². The standard InChI is InChI=1S/C48H49N5/c1-33-15-13-21-39(29-33)48(3)31-38(26-28-44(48)51-40-22-11-6-12-23-40)37-25-27-42-41(30-37)45-34(2)16-14-24-43(45)53(42)32-50-47(36-19-9-5-10-20-36)52-46(49)35-17-7-4-8-18-35/h4-15,17-28,30,33-34,46,51H,16,29,31-32,49H2,1-3H3,(H,50,52)/t33-,34-,46?,48+/m1/s1. The highest BCUT2D eigenvalue weighted by Gasteiger charge is 2.37. The highest BCUT2D eigenvalue weighted by atomic mass is 15.2. The fraction of sp³-hybridized carbons (Fsp3) is 0.229. The van der Waals surface area contributed by atoms with Crippen LogP contribution in [0.1, 0.15) is 80.1 Å². The summed E-state index contributed by atoms with van der Waals surface area (Å²) in [4.78, 5) is 5.23. The second kappa shape index (κ2) is 14.8. The Morgan fingerprint density at radius 1 is 0.906 bits per heavy atom. The third kappa shape index (κ3) is 6.97. The summed E-state index contributed by atoms with van der Waals surface area (Å²) in [6.45, 7) is 7.56. The molecule has 266 valence electrons. The van der Waals surface area contributed by atoms with Gasteiger partial charge in [-0.15, -0.1) is 0 Å². The molecule has 5 aromatic rings. The topological polar surface area (TPSA) is 67.4 Å². The number of hydrogen-bond acceptors (Lipinski definition) is 3. The third-order valence-electron chi connectivity index (χ3n) is 11.3. The second-order valence-corrected chi connectivity index (χ2v) is 15.1. The van der Waals surface area contributed by atoms with E-state index in [9.17, 15) is 0 Å². The van der Waals surface area contributed by atoms with Crippen molar-refractivity contribution in [3.63, 3.8) is 0 Å². The lowest BCUT2D eigenvalue weighted by Gasteiger charge is -2.40. The zero-order valence-corrected chi connectivity index (χ0v) is 31.0. The van der Waals surface area contributed by atoms with Crippen molar-refractivity contribution < 1.29 is 0 Å². The number of anilines is 1. The van der Waals surface area contributed by atoms with Crippen LogP contribution < -0.4 is 16.4 Å². The molecule has 4 N–H and O–H groups in total. The van der Waals surface area contributed by atoms with Crippen molar-refractivity contribution in [1.29, 1.82) is 0 Å². The number of rotatable bonds is 9. The molecule has 3 aliphatic rings. The first-order chi connectivity index (χ1) is 25.9. The van der Waals surface area contributed by atoms with E-state index < -0.39 is 0 Å². The zero-order chi connectivity index (χ0) is 36.4. The summed E-state index contributed by atoms with van der Waals surface area (Å²) in [5.74, 6) is 1.70. The lowest BCUT2D eigenvalue weighted by Crippen LogP contribution is -2.35. The van der Waals surface area contributed by atoms with Crippen molar-refractivity contribution in [3.05, 3.63) is 185 Å². The van der Waals surface area contributed by atoms with Crippen molar-refractivity contribution in [3.8, 4) is 0 Å². The molecule has 5 heteroatoms. The first kappa shape index (κ1) is 34.4. The number of aliphatic imine (C=N–C) groups is 1. The molecule has 1 heterocycles. The highest BCUT2D eigenvalue weighted by molar-refractivity contribution is 5.99. The van der Waals surface area contributed by atoms with Crippen LogP contribution in [0.4, 0.5) is 5.69 Å². The number of para-hydroxylation sites is 1. The summed E-state index contributed by atoms with van der Waals surface area (Å²) in [7, 11) is 0. The van der Waals surface area contributed by atoms with Crippen LogP contribution in [0.15, 0.2) is 162 Å². The Kier molecular flexibility index (Phi) is 9.59. The molecule has 0 amide bonds. The van der Waals surface area contributed by atoms with Crippen molar-refractivity contribution in [2.45, 2.75) is 58.8 Å². The number of allylic oxidation sites excluding steroid dienone is 8. The fourth-order valence-electron chi connectivity index (χ4n) is 8.30. The van der Waals surface area contributed by atoms with Crippen LogP contribution in [0.25, 0.3) is 22.6 Å². The van der Waals surface area contributed by atoms with Gasteiger partial charge < -0.3 is 20.9 Å². The van der Waals surface area contributed by atoms with Gasteiger partial charge in [0.2, 0.25) is 0 Å². The van der Waals surface area contributed by atoms with Gasteiger partial charge in [-0.2, -0.15) is 0 Å². The van der Waals surface area contributed by atoms with Gasteiger partial charge in [0.15, 0.2) is 0 Å². The molecule has 53 heavy (non-hydrogen) atoms. The minimum atomic E-state index is -0.386. The molecule has 0 radical (unpaired) electrons. The molecular formula is C48H49N5. The number of nitrogens with one attached hydrogen (secondary N) is 2. The summed E-state index contributed by atoms with van der Waals surface area (Å²) < 4.78 is 2.38. The molecule has 0 fully saturated rings. The average molecular weight is 696 g/mol. The summed E-state index contributed by atoms with van der Waals surface area (Å²) >= 11 is 0. The number of nitrogens with two attached hydrogens (primary N) is 1. The highest BCUT2D eigenvalue weighted by Crippen LogP contribution is 2.50. The lowest BCUT2D eigenvalue weighted by molar-refractivity contribution is 0.453. The Balaban J connectivity index is 1.17. The van der Waals surface area contributed by atoms with E-state index in [1.165, 1.54) is 44.6 Å². The maximum Gasteiger partial charge on any atom is 0.131 e. The second-order valence-electron chi connectivity index (χ2n) is 15.1. The maximum absolute atomic E-state index is 6.68. The molecule has 0 spiro atoms. The summed E-state index contributed by atoms with van der Waals surface area (Å²) in [6, 6.07) is 38.1. The summed E-state index contributed by atoms with van der Waals surface area (Å²) in [5, 5.41) is 8.65. The van der Waals surface area contributed by atoms with Gasteiger partial charge in [-0.1, -0.05) is 135 Å². The largest absolute Gasteiger partial charge is 0.358 e. The molecule has 0 saturated carbocycles. The SMILES string of the molecule is C[C@@H]1C=CC=C([C@]2(C)CC(c3ccc4c(c3)c3c(n4CN=C(NC(N)c4ccccc4)c4ccccc4)C=CC[C@H]3C)=CC=C2Nc2ccccc2)C1. The van der Waals surface area contributed by atoms with E-state index in [1.54, 1.807) is 0 Å². The number of fused-ring (bicyclic) bond motifs is 3. The maximum atomic E-state index is 6.68. The van der Waals surface area contributed by atoms with Gasteiger partial charge in [0.25, 0.3) is 0 Å². The van der Waals surface area contributed by atoms with E-state index in [4.69, 9.17) is 10.7 Å². The van der Waals surface area contributed by atoms with Crippen LogP contribution in [0.3, 0.4) is 0 Å². The van der Waals surface area contributed by atoms with E-state index in [-0.39, 0.29) is 11.6 Å². The Bertz CT molecular complexity index is 2290. The van der Waals surface area contributed by atoms with Crippen LogP contribution in [-0.4, -0.2) is 10.4 Å². The molecule has 4 aromatic carbocycles. The van der Waals surface area contributed by atoms with Gasteiger partial charge >= 0.3 is 0 Å². The van der Waals surface area contributed by atoms with E-state index in [1.807, 2.05) is 48.5 Å². The Labute approximate surface area is 314 Å². The molecule has 1 unspecified atom stereocenters. The van der Waals surface area contributed by atoms with Gasteiger partial charge in [0.05, 0.1) is 5.52 Å².